The molecule has 102 valence electrons. The highest BCUT2D eigenvalue weighted by Crippen LogP contribution is 2.43. The molecule has 0 radical (unpaired) electrons. The monoisotopic (exact) mass is 327 g/mol. The van der Waals surface area contributed by atoms with Gasteiger partial charge in [0.15, 0.2) is 4.67 Å². The van der Waals surface area contributed by atoms with Crippen LogP contribution in [0.5, 0.6) is 0 Å². The highest BCUT2D eigenvalue weighted by atomic mass is 79.9. The van der Waals surface area contributed by atoms with Gasteiger partial charge in [-0.3, -0.25) is 4.79 Å². The van der Waals surface area contributed by atoms with E-state index >= 15 is 0 Å². The molecule has 5 nitrogen and oxygen atoms in total. The maximum absolute atomic E-state index is 12.4. The summed E-state index contributed by atoms with van der Waals surface area (Å²) >= 11 is 3.17. The molecule has 1 aromatic rings. The zero-order valence-electron chi connectivity index (χ0n) is 10.2. The number of carbonyl (C=O) groups excluding carboxylic acids is 1. The fraction of sp³-hybridized carbons (Fsp3) is 0.538. The second-order valence-corrected chi connectivity index (χ2v) is 5.92. The van der Waals surface area contributed by atoms with Crippen molar-refractivity contribution < 1.29 is 19.1 Å². The highest BCUT2D eigenvalue weighted by molar-refractivity contribution is 9.10. The Morgan fingerprint density at radius 2 is 2.21 bits per heavy atom. The number of amides is 1. The fourth-order valence-electron chi connectivity index (χ4n) is 3.43. The topological polar surface area (TPSA) is 70.8 Å². The standard InChI is InChI=1S/C13H14BrNO4/c14-11-9(4-5-19-11)12(16)15-6-7-2-1-3-8(7)10(15)13(17)18/h4-5,7-8,10H,1-3,6H2,(H,17,18). The molecule has 0 aromatic carbocycles. The summed E-state index contributed by atoms with van der Waals surface area (Å²) in [6.45, 7) is 0.540. The van der Waals surface area contributed by atoms with Crippen molar-refractivity contribution in [2.45, 2.75) is 25.3 Å². The molecule has 1 saturated carbocycles. The number of nitrogens with zero attached hydrogens (tertiary/aromatic N) is 1. The minimum absolute atomic E-state index is 0.104. The maximum atomic E-state index is 12.4. The van der Waals surface area contributed by atoms with Gasteiger partial charge in [-0.15, -0.1) is 0 Å². The lowest BCUT2D eigenvalue weighted by Gasteiger charge is -2.24. The van der Waals surface area contributed by atoms with Gasteiger partial charge in [-0.1, -0.05) is 6.42 Å². The summed E-state index contributed by atoms with van der Waals surface area (Å²) < 4.78 is 5.42. The van der Waals surface area contributed by atoms with E-state index in [1.165, 1.54) is 11.2 Å². The number of fused-ring (bicyclic) bond motifs is 1. The van der Waals surface area contributed by atoms with Gasteiger partial charge in [-0.25, -0.2) is 4.79 Å². The van der Waals surface area contributed by atoms with Crippen LogP contribution in [-0.2, 0) is 4.79 Å². The summed E-state index contributed by atoms with van der Waals surface area (Å²) in [7, 11) is 0. The van der Waals surface area contributed by atoms with Crippen molar-refractivity contribution in [3.05, 3.63) is 22.6 Å². The van der Waals surface area contributed by atoms with Gasteiger partial charge >= 0.3 is 5.97 Å². The molecule has 2 aliphatic rings. The largest absolute Gasteiger partial charge is 0.480 e. The number of halogens is 1. The Labute approximate surface area is 118 Å². The first-order chi connectivity index (χ1) is 9.09. The number of rotatable bonds is 2. The van der Waals surface area contributed by atoms with Crippen molar-refractivity contribution >= 4 is 27.8 Å². The van der Waals surface area contributed by atoms with Crippen LogP contribution in [0.15, 0.2) is 21.4 Å². The van der Waals surface area contributed by atoms with E-state index in [1.54, 1.807) is 6.07 Å². The first kappa shape index (κ1) is 12.7. The smallest absolute Gasteiger partial charge is 0.326 e. The zero-order chi connectivity index (χ0) is 13.6. The van der Waals surface area contributed by atoms with Gasteiger partial charge in [0.05, 0.1) is 11.8 Å². The van der Waals surface area contributed by atoms with E-state index in [-0.39, 0.29) is 11.8 Å². The molecule has 3 unspecified atom stereocenters. The summed E-state index contributed by atoms with van der Waals surface area (Å²) in [6, 6.07) is 0.876. The quantitative estimate of drug-likeness (QED) is 0.905. The number of furan rings is 1. The number of carboxylic acids is 1. The van der Waals surface area contributed by atoms with Crippen LogP contribution in [-0.4, -0.2) is 34.5 Å². The lowest BCUT2D eigenvalue weighted by molar-refractivity contribution is -0.142. The average molecular weight is 328 g/mol. The molecule has 2 fully saturated rings. The van der Waals surface area contributed by atoms with Gasteiger partial charge in [-0.2, -0.15) is 0 Å². The Hall–Kier alpha value is -1.30. The summed E-state index contributed by atoms with van der Waals surface area (Å²) in [5, 5.41) is 9.42. The van der Waals surface area contributed by atoms with Crippen LogP contribution >= 0.6 is 15.9 Å². The third kappa shape index (κ3) is 1.98. The van der Waals surface area contributed by atoms with Crippen LogP contribution in [0.4, 0.5) is 0 Å². The normalized spacial score (nSPS) is 29.5. The molecule has 0 spiro atoms. The first-order valence-corrected chi connectivity index (χ1v) is 7.15. The summed E-state index contributed by atoms with van der Waals surface area (Å²) in [5.41, 5.74) is 0.395. The van der Waals surface area contributed by atoms with Gasteiger partial charge in [0, 0.05) is 6.54 Å². The van der Waals surface area contributed by atoms with E-state index in [1.807, 2.05) is 0 Å². The van der Waals surface area contributed by atoms with E-state index in [4.69, 9.17) is 4.42 Å². The summed E-state index contributed by atoms with van der Waals surface area (Å²) in [5.74, 6) is -0.729. The van der Waals surface area contributed by atoms with Crippen molar-refractivity contribution in [3.8, 4) is 0 Å². The highest BCUT2D eigenvalue weighted by Gasteiger charge is 2.49. The lowest BCUT2D eigenvalue weighted by atomic mass is 9.94. The van der Waals surface area contributed by atoms with Crippen LogP contribution in [0, 0.1) is 11.8 Å². The van der Waals surface area contributed by atoms with Crippen LogP contribution in [0.1, 0.15) is 29.6 Å². The molecule has 3 rings (SSSR count). The third-order valence-corrected chi connectivity index (χ3v) is 4.87. The molecular formula is C13H14BrNO4. The second-order valence-electron chi connectivity index (χ2n) is 5.20. The molecule has 2 heterocycles. The van der Waals surface area contributed by atoms with Crippen LogP contribution in [0.2, 0.25) is 0 Å². The summed E-state index contributed by atoms with van der Waals surface area (Å²) in [6.07, 6.45) is 4.41. The van der Waals surface area contributed by atoms with Gasteiger partial charge < -0.3 is 14.4 Å². The molecule has 19 heavy (non-hydrogen) atoms. The van der Waals surface area contributed by atoms with Crippen LogP contribution in [0.3, 0.4) is 0 Å². The molecule has 1 aromatic heterocycles. The summed E-state index contributed by atoms with van der Waals surface area (Å²) in [4.78, 5) is 25.4. The van der Waals surface area contributed by atoms with Gasteiger partial charge in [0.1, 0.15) is 6.04 Å². The minimum Gasteiger partial charge on any atom is -0.480 e. The van der Waals surface area contributed by atoms with Gasteiger partial charge in [0.25, 0.3) is 5.91 Å². The Balaban J connectivity index is 1.90. The molecule has 1 aliphatic carbocycles. The number of hydrogen-bond donors (Lipinski definition) is 1. The zero-order valence-corrected chi connectivity index (χ0v) is 11.8. The van der Waals surface area contributed by atoms with Gasteiger partial charge in [0.2, 0.25) is 0 Å². The third-order valence-electron chi connectivity index (χ3n) is 4.25. The molecule has 1 aliphatic heterocycles. The van der Waals surface area contributed by atoms with Crippen LogP contribution in [0.25, 0.3) is 0 Å². The fourth-order valence-corrected chi connectivity index (χ4v) is 3.84. The molecule has 6 heteroatoms. The van der Waals surface area contributed by atoms with Crippen LogP contribution < -0.4 is 0 Å². The molecular weight excluding hydrogens is 314 g/mol. The lowest BCUT2D eigenvalue weighted by Crippen LogP contribution is -2.43. The molecule has 1 amide bonds. The molecule has 0 bridgehead atoms. The number of carbonyl (C=O) groups is 2. The average Bonchev–Trinajstić information content (AvgIpc) is 3.00. The number of hydrogen-bond acceptors (Lipinski definition) is 3. The van der Waals surface area contributed by atoms with E-state index < -0.39 is 12.0 Å². The Morgan fingerprint density at radius 1 is 1.42 bits per heavy atom. The SMILES string of the molecule is O=C(O)C1C2CCCC2CN1C(=O)c1ccoc1Br. The predicted octanol–water partition coefficient (Wildman–Crippen LogP) is 2.37. The molecule has 3 atom stereocenters. The maximum Gasteiger partial charge on any atom is 0.326 e. The van der Waals surface area contributed by atoms with E-state index in [0.29, 0.717) is 22.7 Å². The Kier molecular flexibility index (Phi) is 3.12. The second kappa shape index (κ2) is 4.67. The van der Waals surface area contributed by atoms with Crippen molar-refractivity contribution in [1.29, 1.82) is 0 Å². The Morgan fingerprint density at radius 3 is 2.84 bits per heavy atom. The molecule has 1 saturated heterocycles. The van der Waals surface area contributed by atoms with E-state index in [0.717, 1.165) is 19.3 Å². The van der Waals surface area contributed by atoms with Crippen molar-refractivity contribution in [2.24, 2.45) is 11.8 Å². The van der Waals surface area contributed by atoms with E-state index in [2.05, 4.69) is 15.9 Å². The van der Waals surface area contributed by atoms with Crippen molar-refractivity contribution in [3.63, 3.8) is 0 Å². The Bertz CT molecular complexity index is 526. The molecule has 1 N–H and O–H groups in total. The number of aliphatic carboxylic acids is 1. The number of likely N-dealkylation sites (tertiary alicyclic amines) is 1. The minimum atomic E-state index is -0.901. The van der Waals surface area contributed by atoms with Crippen molar-refractivity contribution in [2.75, 3.05) is 6.54 Å². The van der Waals surface area contributed by atoms with Gasteiger partial charge in [-0.05, 0) is 46.7 Å². The predicted molar refractivity (Wildman–Crippen MR) is 69.7 cm³/mol. The number of carboxylic acid groups (broad SMARTS) is 1. The first-order valence-electron chi connectivity index (χ1n) is 6.36. The van der Waals surface area contributed by atoms with E-state index in [9.17, 15) is 14.7 Å². The van der Waals surface area contributed by atoms with Crippen molar-refractivity contribution in [1.82, 2.24) is 4.90 Å².